The van der Waals surface area contributed by atoms with Gasteiger partial charge in [-0.3, -0.25) is 4.79 Å². The van der Waals surface area contributed by atoms with Crippen molar-refractivity contribution in [2.24, 2.45) is 0 Å². The van der Waals surface area contributed by atoms with Crippen LogP contribution in [0.3, 0.4) is 0 Å². The van der Waals surface area contributed by atoms with Gasteiger partial charge in [0.25, 0.3) is 5.91 Å². The first-order valence-corrected chi connectivity index (χ1v) is 5.13. The molecule has 16 heavy (non-hydrogen) atoms. The predicted molar refractivity (Wildman–Crippen MR) is 56.8 cm³/mol. The van der Waals surface area contributed by atoms with Crippen molar-refractivity contribution in [3.63, 3.8) is 0 Å². The highest BCUT2D eigenvalue weighted by molar-refractivity contribution is 9.10. The third kappa shape index (κ3) is 3.35. The van der Waals surface area contributed by atoms with Gasteiger partial charge >= 0.3 is 5.97 Å². The van der Waals surface area contributed by atoms with Gasteiger partial charge < -0.3 is 19.6 Å². The van der Waals surface area contributed by atoms with E-state index in [0.717, 1.165) is 7.11 Å². The number of amides is 1. The zero-order chi connectivity index (χ0) is 12.1. The number of methoxy groups -OCH3 is 1. The number of aliphatic hydroxyl groups is 1. The van der Waals surface area contributed by atoms with E-state index in [1.807, 2.05) is 0 Å². The summed E-state index contributed by atoms with van der Waals surface area (Å²) in [6.07, 6.45) is -1.38. The fraction of sp³-hybridized carbons (Fsp3) is 0.333. The molecule has 2 N–H and O–H groups in total. The quantitative estimate of drug-likeness (QED) is 0.779. The van der Waals surface area contributed by atoms with Gasteiger partial charge in [-0.25, -0.2) is 4.79 Å². The van der Waals surface area contributed by atoms with Crippen molar-refractivity contribution < 1.29 is 23.8 Å². The van der Waals surface area contributed by atoms with Crippen molar-refractivity contribution in [2.45, 2.75) is 6.10 Å². The maximum atomic E-state index is 11.4. The molecule has 0 saturated heterocycles. The number of nitrogens with one attached hydrogen (secondary N) is 1. The lowest BCUT2D eigenvalue weighted by molar-refractivity contribution is -0.149. The number of ether oxygens (including phenoxy) is 1. The SMILES string of the molecule is COC(=O)C(O)CNC(=O)c1ccc(Br)o1. The predicted octanol–water partition coefficient (Wildman–Crippen LogP) is 0.306. The molecule has 7 heteroatoms. The lowest BCUT2D eigenvalue weighted by Crippen LogP contribution is -2.37. The average molecular weight is 292 g/mol. The number of hydrogen-bond donors (Lipinski definition) is 2. The van der Waals surface area contributed by atoms with Crippen LogP contribution < -0.4 is 5.32 Å². The molecule has 0 aliphatic heterocycles. The van der Waals surface area contributed by atoms with Gasteiger partial charge in [0.1, 0.15) is 0 Å². The molecular weight excluding hydrogens is 282 g/mol. The molecule has 1 unspecified atom stereocenters. The molecule has 88 valence electrons. The highest BCUT2D eigenvalue weighted by Gasteiger charge is 2.17. The lowest BCUT2D eigenvalue weighted by atomic mass is 10.3. The molecule has 0 radical (unpaired) electrons. The number of furan rings is 1. The molecule has 0 aliphatic carbocycles. The fourth-order valence-electron chi connectivity index (χ4n) is 0.932. The van der Waals surface area contributed by atoms with Crippen molar-refractivity contribution in [1.82, 2.24) is 5.32 Å². The number of aliphatic hydroxyl groups excluding tert-OH is 1. The smallest absolute Gasteiger partial charge is 0.336 e. The summed E-state index contributed by atoms with van der Waals surface area (Å²) in [5.74, 6) is -1.24. The molecule has 1 atom stereocenters. The van der Waals surface area contributed by atoms with Gasteiger partial charge in [-0.1, -0.05) is 0 Å². The van der Waals surface area contributed by atoms with Crippen molar-refractivity contribution in [1.29, 1.82) is 0 Å². The topological polar surface area (TPSA) is 88.8 Å². The highest BCUT2D eigenvalue weighted by atomic mass is 79.9. The second kappa shape index (κ2) is 5.66. The summed E-state index contributed by atoms with van der Waals surface area (Å²) in [5.41, 5.74) is 0. The van der Waals surface area contributed by atoms with Crippen LogP contribution >= 0.6 is 15.9 Å². The highest BCUT2D eigenvalue weighted by Crippen LogP contribution is 2.13. The number of carbonyl (C=O) groups excluding carboxylic acids is 2. The maximum Gasteiger partial charge on any atom is 0.336 e. The molecule has 0 aliphatic rings. The largest absolute Gasteiger partial charge is 0.467 e. The molecule has 0 fully saturated rings. The van der Waals surface area contributed by atoms with Crippen LogP contribution in [0.2, 0.25) is 0 Å². The van der Waals surface area contributed by atoms with E-state index in [0.29, 0.717) is 4.67 Å². The maximum absolute atomic E-state index is 11.4. The standard InChI is InChI=1S/C9H10BrNO5/c1-15-9(14)5(12)4-11-8(13)6-2-3-7(10)16-6/h2-3,5,12H,4H2,1H3,(H,11,13). The normalized spacial score (nSPS) is 11.9. The summed E-state index contributed by atoms with van der Waals surface area (Å²) >= 11 is 3.04. The summed E-state index contributed by atoms with van der Waals surface area (Å²) in [6.45, 7) is -0.232. The molecular formula is C9H10BrNO5. The molecule has 0 spiro atoms. The summed E-state index contributed by atoms with van der Waals surface area (Å²) < 4.78 is 9.68. The molecule has 0 bridgehead atoms. The second-order valence-corrected chi connectivity index (χ2v) is 3.63. The third-order valence-corrected chi connectivity index (χ3v) is 2.15. The van der Waals surface area contributed by atoms with Gasteiger partial charge in [-0.05, 0) is 28.1 Å². The number of hydrogen-bond acceptors (Lipinski definition) is 5. The Morgan fingerprint density at radius 2 is 2.31 bits per heavy atom. The Kier molecular flexibility index (Phi) is 4.51. The van der Waals surface area contributed by atoms with E-state index in [1.165, 1.54) is 6.07 Å². The summed E-state index contributed by atoms with van der Waals surface area (Å²) in [7, 11) is 1.15. The van der Waals surface area contributed by atoms with Gasteiger partial charge in [-0.15, -0.1) is 0 Å². The Morgan fingerprint density at radius 1 is 1.62 bits per heavy atom. The monoisotopic (exact) mass is 291 g/mol. The van der Waals surface area contributed by atoms with Crippen molar-refractivity contribution in [3.05, 3.63) is 22.6 Å². The van der Waals surface area contributed by atoms with E-state index >= 15 is 0 Å². The van der Waals surface area contributed by atoms with E-state index in [1.54, 1.807) is 6.07 Å². The van der Waals surface area contributed by atoms with Crippen LogP contribution in [0.5, 0.6) is 0 Å². The third-order valence-electron chi connectivity index (χ3n) is 1.73. The Labute approximate surface area is 99.7 Å². The minimum absolute atomic E-state index is 0.0870. The van der Waals surface area contributed by atoms with E-state index in [9.17, 15) is 14.7 Å². The lowest BCUT2D eigenvalue weighted by Gasteiger charge is -2.08. The van der Waals surface area contributed by atoms with Crippen molar-refractivity contribution in [3.8, 4) is 0 Å². The van der Waals surface area contributed by atoms with Crippen molar-refractivity contribution >= 4 is 27.8 Å². The Bertz CT molecular complexity index is 389. The summed E-state index contributed by atoms with van der Waals surface area (Å²) in [6, 6.07) is 3.02. The number of carbonyl (C=O) groups is 2. The summed E-state index contributed by atoms with van der Waals surface area (Å²) in [4.78, 5) is 22.2. The minimum atomic E-state index is -1.38. The molecule has 6 nitrogen and oxygen atoms in total. The first-order chi connectivity index (χ1) is 7.54. The Hall–Kier alpha value is -1.34. The van der Waals surface area contributed by atoms with E-state index < -0.39 is 18.0 Å². The zero-order valence-corrected chi connectivity index (χ0v) is 9.98. The Morgan fingerprint density at radius 3 is 2.81 bits per heavy atom. The first-order valence-electron chi connectivity index (χ1n) is 4.34. The zero-order valence-electron chi connectivity index (χ0n) is 8.40. The van der Waals surface area contributed by atoms with Gasteiger partial charge in [0.15, 0.2) is 16.5 Å². The first kappa shape index (κ1) is 12.7. The number of esters is 1. The van der Waals surface area contributed by atoms with Crippen LogP contribution in [0.1, 0.15) is 10.6 Å². The van der Waals surface area contributed by atoms with Crippen LogP contribution in [-0.4, -0.2) is 36.7 Å². The summed E-state index contributed by atoms with van der Waals surface area (Å²) in [5, 5.41) is 11.5. The van der Waals surface area contributed by atoms with Crippen LogP contribution in [0.4, 0.5) is 0 Å². The van der Waals surface area contributed by atoms with E-state index in [4.69, 9.17) is 4.42 Å². The molecule has 1 aromatic rings. The molecule has 0 aromatic carbocycles. The number of halogens is 1. The molecule has 1 heterocycles. The molecule has 1 rings (SSSR count). The van der Waals surface area contributed by atoms with Crippen molar-refractivity contribution in [2.75, 3.05) is 13.7 Å². The minimum Gasteiger partial charge on any atom is -0.467 e. The van der Waals surface area contributed by atoms with E-state index in [2.05, 4.69) is 26.0 Å². The van der Waals surface area contributed by atoms with Gasteiger partial charge in [0, 0.05) is 0 Å². The van der Waals surface area contributed by atoms with Crippen LogP contribution in [0, 0.1) is 0 Å². The second-order valence-electron chi connectivity index (χ2n) is 2.85. The number of rotatable bonds is 4. The van der Waals surface area contributed by atoms with Crippen LogP contribution in [0.15, 0.2) is 21.2 Å². The average Bonchev–Trinajstić information content (AvgIpc) is 2.71. The molecule has 0 saturated carbocycles. The molecule has 1 amide bonds. The van der Waals surface area contributed by atoms with Gasteiger partial charge in [0.2, 0.25) is 0 Å². The fourth-order valence-corrected chi connectivity index (χ4v) is 1.24. The Balaban J connectivity index is 2.44. The van der Waals surface area contributed by atoms with Gasteiger partial charge in [0.05, 0.1) is 13.7 Å². The van der Waals surface area contributed by atoms with Gasteiger partial charge in [-0.2, -0.15) is 0 Å². The molecule has 1 aromatic heterocycles. The van der Waals surface area contributed by atoms with Crippen LogP contribution in [0.25, 0.3) is 0 Å². The van der Waals surface area contributed by atoms with E-state index in [-0.39, 0.29) is 12.3 Å². The van der Waals surface area contributed by atoms with Crippen LogP contribution in [-0.2, 0) is 9.53 Å².